The molecular formula is C20H43N5. The van der Waals surface area contributed by atoms with E-state index >= 15 is 0 Å². The maximum atomic E-state index is 4.78. The van der Waals surface area contributed by atoms with Crippen molar-refractivity contribution in [1.82, 2.24) is 20.4 Å². The van der Waals surface area contributed by atoms with E-state index in [0.717, 1.165) is 19.0 Å². The molecule has 0 spiro atoms. The van der Waals surface area contributed by atoms with E-state index in [9.17, 15) is 0 Å². The van der Waals surface area contributed by atoms with Crippen molar-refractivity contribution < 1.29 is 0 Å². The average Bonchev–Trinajstić information content (AvgIpc) is 2.57. The van der Waals surface area contributed by atoms with E-state index in [1.165, 1.54) is 64.6 Å². The van der Waals surface area contributed by atoms with Crippen LogP contribution in [0, 0.1) is 0 Å². The van der Waals surface area contributed by atoms with E-state index in [0.29, 0.717) is 12.1 Å². The molecule has 1 aliphatic heterocycles. The van der Waals surface area contributed by atoms with Crippen LogP contribution in [-0.2, 0) is 0 Å². The number of nitrogens with one attached hydrogen (secondary N) is 2. The first kappa shape index (κ1) is 22.2. The van der Waals surface area contributed by atoms with Gasteiger partial charge in [-0.3, -0.25) is 4.99 Å². The highest BCUT2D eigenvalue weighted by Crippen LogP contribution is 2.12. The quantitative estimate of drug-likeness (QED) is 0.340. The van der Waals surface area contributed by atoms with Gasteiger partial charge in [0.2, 0.25) is 0 Å². The van der Waals surface area contributed by atoms with Crippen molar-refractivity contribution in [2.75, 3.05) is 46.8 Å². The molecule has 25 heavy (non-hydrogen) atoms. The number of nitrogens with zero attached hydrogens (tertiary/aromatic N) is 3. The second-order valence-corrected chi connectivity index (χ2v) is 7.88. The molecule has 0 unspecified atom stereocenters. The van der Waals surface area contributed by atoms with E-state index in [1.807, 2.05) is 0 Å². The number of hydrogen-bond acceptors (Lipinski definition) is 3. The summed E-state index contributed by atoms with van der Waals surface area (Å²) in [5, 5.41) is 7.05. The topological polar surface area (TPSA) is 42.9 Å². The largest absolute Gasteiger partial charge is 0.357 e. The van der Waals surface area contributed by atoms with Crippen LogP contribution in [0.4, 0.5) is 0 Å². The average molecular weight is 354 g/mol. The normalized spacial score (nSPS) is 17.5. The Morgan fingerprint density at radius 1 is 1.08 bits per heavy atom. The lowest BCUT2D eigenvalue weighted by Crippen LogP contribution is -2.49. The summed E-state index contributed by atoms with van der Waals surface area (Å²) in [4.78, 5) is 9.62. The fraction of sp³-hybridized carbons (Fsp3) is 0.950. The van der Waals surface area contributed by atoms with Gasteiger partial charge in [-0.25, -0.2) is 0 Å². The van der Waals surface area contributed by atoms with Gasteiger partial charge in [-0.1, -0.05) is 19.3 Å². The van der Waals surface area contributed by atoms with E-state index in [1.54, 1.807) is 0 Å². The van der Waals surface area contributed by atoms with Crippen molar-refractivity contribution in [3.05, 3.63) is 0 Å². The summed E-state index contributed by atoms with van der Waals surface area (Å²) in [6.45, 7) is 12.2. The van der Waals surface area contributed by atoms with Gasteiger partial charge in [-0.05, 0) is 67.1 Å². The lowest BCUT2D eigenvalue weighted by molar-refractivity contribution is 0.167. The SMILES string of the molecule is CCNC(=NCCCCCCCN(C)C)NC1CCN(C(C)C)CC1. The van der Waals surface area contributed by atoms with Crippen molar-refractivity contribution in [1.29, 1.82) is 0 Å². The summed E-state index contributed by atoms with van der Waals surface area (Å²) in [6, 6.07) is 1.24. The monoisotopic (exact) mass is 353 g/mol. The van der Waals surface area contributed by atoms with Gasteiger partial charge in [0.1, 0.15) is 0 Å². The molecule has 5 heteroatoms. The number of rotatable bonds is 11. The molecule has 0 saturated carbocycles. The zero-order valence-corrected chi connectivity index (χ0v) is 17.5. The molecule has 2 N–H and O–H groups in total. The predicted octanol–water partition coefficient (Wildman–Crippen LogP) is 2.93. The third-order valence-electron chi connectivity index (χ3n) is 4.98. The summed E-state index contributed by atoms with van der Waals surface area (Å²) < 4.78 is 0. The number of hydrogen-bond donors (Lipinski definition) is 2. The number of likely N-dealkylation sites (tertiary alicyclic amines) is 1. The lowest BCUT2D eigenvalue weighted by atomic mass is 10.0. The molecule has 0 radical (unpaired) electrons. The zero-order chi connectivity index (χ0) is 18.5. The molecule has 0 aromatic heterocycles. The lowest BCUT2D eigenvalue weighted by Gasteiger charge is -2.35. The first-order valence-corrected chi connectivity index (χ1v) is 10.5. The molecular weight excluding hydrogens is 310 g/mol. The summed E-state index contributed by atoms with van der Waals surface area (Å²) in [7, 11) is 4.30. The number of aliphatic imine (C=N–C) groups is 1. The highest BCUT2D eigenvalue weighted by Gasteiger charge is 2.21. The summed E-state index contributed by atoms with van der Waals surface area (Å²) >= 11 is 0. The molecule has 1 heterocycles. The second kappa shape index (κ2) is 13.4. The smallest absolute Gasteiger partial charge is 0.191 e. The highest BCUT2D eigenvalue weighted by atomic mass is 15.2. The van der Waals surface area contributed by atoms with E-state index in [-0.39, 0.29) is 0 Å². The van der Waals surface area contributed by atoms with Crippen molar-refractivity contribution in [2.45, 2.75) is 77.8 Å². The van der Waals surface area contributed by atoms with E-state index < -0.39 is 0 Å². The van der Waals surface area contributed by atoms with Crippen LogP contribution in [0.1, 0.15) is 65.7 Å². The van der Waals surface area contributed by atoms with Gasteiger partial charge in [-0.15, -0.1) is 0 Å². The number of guanidine groups is 1. The Balaban J connectivity index is 2.19. The van der Waals surface area contributed by atoms with E-state index in [4.69, 9.17) is 4.99 Å². The van der Waals surface area contributed by atoms with Crippen molar-refractivity contribution in [3.8, 4) is 0 Å². The maximum Gasteiger partial charge on any atom is 0.191 e. The third-order valence-corrected chi connectivity index (χ3v) is 4.98. The van der Waals surface area contributed by atoms with Crippen LogP contribution in [0.25, 0.3) is 0 Å². The Bertz CT molecular complexity index is 346. The third kappa shape index (κ3) is 10.7. The maximum absolute atomic E-state index is 4.78. The van der Waals surface area contributed by atoms with Crippen molar-refractivity contribution >= 4 is 5.96 Å². The second-order valence-electron chi connectivity index (χ2n) is 7.88. The predicted molar refractivity (Wildman–Crippen MR) is 110 cm³/mol. The standard InChI is InChI=1S/C20H43N5/c1-6-21-20(22-14-10-8-7-9-11-15-24(4)5)23-19-12-16-25(17-13-19)18(2)3/h18-19H,6-17H2,1-5H3,(H2,21,22,23). The first-order valence-electron chi connectivity index (χ1n) is 10.5. The van der Waals surface area contributed by atoms with Gasteiger partial charge in [0.05, 0.1) is 0 Å². The number of piperidine rings is 1. The van der Waals surface area contributed by atoms with Crippen LogP contribution in [-0.4, -0.2) is 74.7 Å². The molecule has 0 amide bonds. The minimum Gasteiger partial charge on any atom is -0.357 e. The minimum absolute atomic E-state index is 0.568. The highest BCUT2D eigenvalue weighted by molar-refractivity contribution is 5.80. The Kier molecular flexibility index (Phi) is 11.9. The molecule has 1 rings (SSSR count). The van der Waals surface area contributed by atoms with Gasteiger partial charge in [0, 0.05) is 38.3 Å². The van der Waals surface area contributed by atoms with Gasteiger partial charge in [0.25, 0.3) is 0 Å². The molecule has 0 bridgehead atoms. The van der Waals surface area contributed by atoms with Crippen LogP contribution in [0.5, 0.6) is 0 Å². The first-order chi connectivity index (χ1) is 12.0. The van der Waals surface area contributed by atoms with Crippen LogP contribution >= 0.6 is 0 Å². The Hall–Kier alpha value is -0.810. The molecule has 0 aromatic rings. The van der Waals surface area contributed by atoms with Crippen LogP contribution < -0.4 is 10.6 Å². The van der Waals surface area contributed by atoms with Crippen molar-refractivity contribution in [2.24, 2.45) is 4.99 Å². The summed E-state index contributed by atoms with van der Waals surface area (Å²) in [5.41, 5.74) is 0. The minimum atomic E-state index is 0.568. The summed E-state index contributed by atoms with van der Waals surface area (Å²) in [6.07, 6.45) is 8.92. The zero-order valence-electron chi connectivity index (χ0n) is 17.5. The molecule has 5 nitrogen and oxygen atoms in total. The van der Waals surface area contributed by atoms with Gasteiger partial charge in [0.15, 0.2) is 5.96 Å². The fourth-order valence-electron chi connectivity index (χ4n) is 3.33. The van der Waals surface area contributed by atoms with Gasteiger partial charge >= 0.3 is 0 Å². The molecule has 1 saturated heterocycles. The molecule has 0 aromatic carbocycles. The number of unbranched alkanes of at least 4 members (excludes halogenated alkanes) is 4. The van der Waals surface area contributed by atoms with Crippen LogP contribution in [0.2, 0.25) is 0 Å². The van der Waals surface area contributed by atoms with Gasteiger partial charge in [-0.2, -0.15) is 0 Å². The Morgan fingerprint density at radius 2 is 1.72 bits per heavy atom. The van der Waals surface area contributed by atoms with Gasteiger partial charge < -0.3 is 20.4 Å². The summed E-state index contributed by atoms with van der Waals surface area (Å²) in [5.74, 6) is 1.01. The fourth-order valence-corrected chi connectivity index (χ4v) is 3.33. The van der Waals surface area contributed by atoms with Crippen molar-refractivity contribution in [3.63, 3.8) is 0 Å². The molecule has 1 fully saturated rings. The Morgan fingerprint density at radius 3 is 2.32 bits per heavy atom. The Labute approximate surface area is 156 Å². The molecule has 1 aliphatic rings. The molecule has 148 valence electrons. The van der Waals surface area contributed by atoms with E-state index in [2.05, 4.69) is 55.3 Å². The molecule has 0 aliphatic carbocycles. The van der Waals surface area contributed by atoms with Crippen LogP contribution in [0.15, 0.2) is 4.99 Å². The molecule has 0 atom stereocenters. The van der Waals surface area contributed by atoms with Crippen LogP contribution in [0.3, 0.4) is 0 Å².